The van der Waals surface area contributed by atoms with Crippen LogP contribution in [0.2, 0.25) is 0 Å². The maximum absolute atomic E-state index is 15.2. The number of halogens is 1. The molecule has 0 spiro atoms. The molecule has 0 saturated carbocycles. The second-order valence-electron chi connectivity index (χ2n) is 10.2. The second kappa shape index (κ2) is 9.57. The van der Waals surface area contributed by atoms with Crippen molar-refractivity contribution >= 4 is 39.0 Å². The lowest BCUT2D eigenvalue weighted by atomic mass is 9.91. The lowest BCUT2D eigenvalue weighted by Crippen LogP contribution is -2.39. The van der Waals surface area contributed by atoms with Gasteiger partial charge in [-0.05, 0) is 58.6 Å². The molecule has 0 radical (unpaired) electrons. The Balaban J connectivity index is 1.30. The summed E-state index contributed by atoms with van der Waals surface area (Å²) < 4.78 is 21.1. The Morgan fingerprint density at radius 1 is 1.28 bits per heavy atom. The highest BCUT2D eigenvalue weighted by molar-refractivity contribution is 7.21. The molecule has 1 fully saturated rings. The number of anilines is 2. The summed E-state index contributed by atoms with van der Waals surface area (Å²) in [4.78, 5) is 25.6. The highest BCUT2D eigenvalue weighted by atomic mass is 32.1. The van der Waals surface area contributed by atoms with Gasteiger partial charge in [-0.15, -0.1) is 11.3 Å². The van der Waals surface area contributed by atoms with Crippen molar-refractivity contribution in [3.8, 4) is 0 Å². The third kappa shape index (κ3) is 4.65. The van der Waals surface area contributed by atoms with Crippen LogP contribution in [0.3, 0.4) is 0 Å². The maximum Gasteiger partial charge on any atom is 0.263 e. The quantitative estimate of drug-likeness (QED) is 0.480. The summed E-state index contributed by atoms with van der Waals surface area (Å²) in [6, 6.07) is 3.10. The van der Waals surface area contributed by atoms with E-state index in [0.29, 0.717) is 54.3 Å². The normalized spacial score (nSPS) is 21.9. The molecule has 36 heavy (non-hydrogen) atoms. The minimum absolute atomic E-state index is 0.0775. The van der Waals surface area contributed by atoms with Gasteiger partial charge in [0.05, 0.1) is 23.9 Å². The zero-order chi connectivity index (χ0) is 25.7. The number of thiophene rings is 1. The molecule has 192 valence electrons. The Morgan fingerprint density at radius 2 is 2.06 bits per heavy atom. The SMILES string of the molecule is Cc1cc(C)c2c(N)c(C(=O)NC3CCc4nc(N5CC(N)C(OC(C)C)C5)cc(F)c4C3)sc2n1. The van der Waals surface area contributed by atoms with Crippen LogP contribution in [0.5, 0.6) is 0 Å². The monoisotopic (exact) mass is 512 g/mol. The lowest BCUT2D eigenvalue weighted by molar-refractivity contribution is 0.0127. The molecule has 2 aliphatic rings. The highest BCUT2D eigenvalue weighted by Gasteiger charge is 2.34. The van der Waals surface area contributed by atoms with E-state index in [1.54, 1.807) is 0 Å². The summed E-state index contributed by atoms with van der Waals surface area (Å²) in [7, 11) is 0. The van der Waals surface area contributed by atoms with Gasteiger partial charge < -0.3 is 26.4 Å². The van der Waals surface area contributed by atoms with Crippen LogP contribution in [-0.4, -0.2) is 53.3 Å². The topological polar surface area (TPSA) is 119 Å². The molecule has 10 heteroatoms. The summed E-state index contributed by atoms with van der Waals surface area (Å²) >= 11 is 1.30. The van der Waals surface area contributed by atoms with Crippen molar-refractivity contribution in [3.05, 3.63) is 45.3 Å². The van der Waals surface area contributed by atoms with E-state index >= 15 is 4.39 Å². The first-order valence-corrected chi connectivity index (χ1v) is 13.2. The molecule has 0 aromatic carbocycles. The average molecular weight is 513 g/mol. The lowest BCUT2D eigenvalue weighted by Gasteiger charge is -2.27. The fourth-order valence-electron chi connectivity index (χ4n) is 5.31. The van der Waals surface area contributed by atoms with Crippen molar-refractivity contribution in [2.75, 3.05) is 23.7 Å². The van der Waals surface area contributed by atoms with E-state index in [9.17, 15) is 4.79 Å². The number of hydrogen-bond donors (Lipinski definition) is 3. The number of nitrogens with two attached hydrogens (primary N) is 2. The fraction of sp³-hybridized carbons (Fsp3) is 0.500. The summed E-state index contributed by atoms with van der Waals surface area (Å²) in [6.07, 6.45) is 1.62. The predicted octanol–water partition coefficient (Wildman–Crippen LogP) is 3.26. The van der Waals surface area contributed by atoms with Crippen LogP contribution in [0.1, 0.15) is 52.5 Å². The largest absolute Gasteiger partial charge is 0.397 e. The number of amides is 1. The van der Waals surface area contributed by atoms with Gasteiger partial charge in [0, 0.05) is 47.5 Å². The average Bonchev–Trinajstić information content (AvgIpc) is 3.33. The molecule has 5 N–H and O–H groups in total. The van der Waals surface area contributed by atoms with E-state index < -0.39 is 0 Å². The van der Waals surface area contributed by atoms with Crippen LogP contribution < -0.4 is 21.7 Å². The zero-order valence-electron chi connectivity index (χ0n) is 21.1. The van der Waals surface area contributed by atoms with Crippen LogP contribution in [-0.2, 0) is 17.6 Å². The van der Waals surface area contributed by atoms with Crippen LogP contribution in [0.15, 0.2) is 12.1 Å². The Hall–Kier alpha value is -2.82. The van der Waals surface area contributed by atoms with E-state index in [0.717, 1.165) is 27.2 Å². The number of nitrogens with one attached hydrogen (secondary N) is 1. The Morgan fingerprint density at radius 3 is 2.81 bits per heavy atom. The molecule has 3 unspecified atom stereocenters. The van der Waals surface area contributed by atoms with Gasteiger partial charge in [-0.1, -0.05) is 0 Å². The molecule has 3 aromatic rings. The number of nitrogen functional groups attached to an aromatic ring is 1. The van der Waals surface area contributed by atoms with Crippen LogP contribution in [0, 0.1) is 19.7 Å². The Bertz CT molecular complexity index is 1330. The number of carbonyl (C=O) groups excluding carboxylic acids is 1. The maximum atomic E-state index is 15.2. The van der Waals surface area contributed by atoms with Crippen LogP contribution >= 0.6 is 11.3 Å². The molecule has 3 atom stereocenters. The Labute approximate surface area is 214 Å². The smallest absolute Gasteiger partial charge is 0.263 e. The van der Waals surface area contributed by atoms with Gasteiger partial charge in [-0.3, -0.25) is 4.79 Å². The van der Waals surface area contributed by atoms with Gasteiger partial charge in [-0.25, -0.2) is 14.4 Å². The van der Waals surface area contributed by atoms with Gasteiger partial charge in [0.25, 0.3) is 5.91 Å². The molecule has 3 aromatic heterocycles. The molecular formula is C26H33FN6O2S. The van der Waals surface area contributed by atoms with Crippen molar-refractivity contribution in [2.24, 2.45) is 5.73 Å². The van der Waals surface area contributed by atoms with Crippen molar-refractivity contribution in [2.45, 2.75) is 71.2 Å². The van der Waals surface area contributed by atoms with Gasteiger partial charge in [0.2, 0.25) is 0 Å². The highest BCUT2D eigenvalue weighted by Crippen LogP contribution is 2.35. The number of ether oxygens (including phenoxy) is 1. The number of aromatic nitrogens is 2. The fourth-order valence-corrected chi connectivity index (χ4v) is 6.43. The van der Waals surface area contributed by atoms with E-state index in [1.165, 1.54) is 17.4 Å². The first-order valence-electron chi connectivity index (χ1n) is 12.4. The molecule has 1 saturated heterocycles. The molecular weight excluding hydrogens is 479 g/mol. The van der Waals surface area contributed by atoms with Crippen LogP contribution in [0.25, 0.3) is 10.2 Å². The summed E-state index contributed by atoms with van der Waals surface area (Å²) in [6.45, 7) is 9.02. The van der Waals surface area contributed by atoms with Crippen molar-refractivity contribution in [3.63, 3.8) is 0 Å². The van der Waals surface area contributed by atoms with Gasteiger partial charge in [-0.2, -0.15) is 0 Å². The summed E-state index contributed by atoms with van der Waals surface area (Å²) in [5.41, 5.74) is 16.2. The molecule has 5 rings (SSSR count). The Kier molecular flexibility index (Phi) is 6.61. The number of hydrogen-bond acceptors (Lipinski definition) is 8. The molecule has 1 aliphatic heterocycles. The van der Waals surface area contributed by atoms with E-state index in [4.69, 9.17) is 21.2 Å². The molecule has 1 amide bonds. The third-order valence-corrected chi connectivity index (χ3v) is 8.07. The number of rotatable bonds is 5. The van der Waals surface area contributed by atoms with Crippen molar-refractivity contribution < 1.29 is 13.9 Å². The van der Waals surface area contributed by atoms with E-state index in [2.05, 4.69) is 10.3 Å². The minimum atomic E-state index is -0.299. The second-order valence-corrected chi connectivity index (χ2v) is 11.2. The van der Waals surface area contributed by atoms with Crippen LogP contribution in [0.4, 0.5) is 15.9 Å². The summed E-state index contributed by atoms with van der Waals surface area (Å²) in [5, 5.41) is 3.89. The number of aryl methyl sites for hydroxylation is 3. The minimum Gasteiger partial charge on any atom is -0.397 e. The summed E-state index contributed by atoms with van der Waals surface area (Å²) in [5.74, 6) is 0.0518. The van der Waals surface area contributed by atoms with E-state index in [-0.39, 0.29) is 36.0 Å². The number of carbonyl (C=O) groups is 1. The first-order chi connectivity index (χ1) is 17.1. The van der Waals surface area contributed by atoms with Crippen molar-refractivity contribution in [1.29, 1.82) is 0 Å². The zero-order valence-corrected chi connectivity index (χ0v) is 21.9. The third-order valence-electron chi connectivity index (χ3n) is 6.97. The molecule has 8 nitrogen and oxygen atoms in total. The van der Waals surface area contributed by atoms with E-state index in [1.807, 2.05) is 38.7 Å². The number of nitrogens with zero attached hydrogens (tertiary/aromatic N) is 3. The predicted molar refractivity (Wildman–Crippen MR) is 141 cm³/mol. The molecule has 1 aliphatic carbocycles. The first kappa shape index (κ1) is 24.9. The van der Waals surface area contributed by atoms with Gasteiger partial charge in [0.1, 0.15) is 21.3 Å². The van der Waals surface area contributed by atoms with Gasteiger partial charge >= 0.3 is 0 Å². The molecule has 4 heterocycles. The number of pyridine rings is 2. The number of fused-ring (bicyclic) bond motifs is 2. The van der Waals surface area contributed by atoms with Crippen molar-refractivity contribution in [1.82, 2.24) is 15.3 Å². The molecule has 0 bridgehead atoms. The van der Waals surface area contributed by atoms with Gasteiger partial charge in [0.15, 0.2) is 0 Å². The standard InChI is InChI=1S/C26H33FN6O2S/c1-12(2)35-20-11-33(10-18(20)28)21-9-17(27)16-8-15(5-6-19(16)32-21)31-25(34)24-23(29)22-13(3)7-14(4)30-26(22)36-24/h7,9,12,15,18,20H,5-6,8,10-11,28-29H2,1-4H3,(H,31,34).